The molecule has 4 nitrogen and oxygen atoms in total. The van der Waals surface area contributed by atoms with Gasteiger partial charge in [0.15, 0.2) is 17.5 Å². The van der Waals surface area contributed by atoms with Crippen molar-refractivity contribution in [2.75, 3.05) is 0 Å². The normalized spacial score (nSPS) is 12.3. The first-order chi connectivity index (χ1) is 28.9. The summed E-state index contributed by atoms with van der Waals surface area (Å²) in [7, 11) is 0. The van der Waals surface area contributed by atoms with Crippen molar-refractivity contribution in [1.29, 1.82) is 0 Å². The van der Waals surface area contributed by atoms with Crippen LogP contribution >= 0.6 is 0 Å². The molecule has 2 aromatic heterocycles. The fourth-order valence-electron chi connectivity index (χ4n) is 7.34. The van der Waals surface area contributed by atoms with Crippen molar-refractivity contribution >= 4 is 21.8 Å². The summed E-state index contributed by atoms with van der Waals surface area (Å²) in [6.45, 7) is 0. The number of nitrogens with zero attached hydrogens (tertiary/aromatic N) is 4. The highest BCUT2D eigenvalue weighted by molar-refractivity contribution is 6.10. The van der Waals surface area contributed by atoms with Crippen LogP contribution in [0.3, 0.4) is 0 Å². The number of aromatic nitrogens is 4. The van der Waals surface area contributed by atoms with E-state index in [-0.39, 0.29) is 24.2 Å². The Kier molecular flexibility index (Phi) is 7.08. The SMILES string of the molecule is [2H]c1c([2H])c([2H])c2c(c1[2H])c1cc(-c3ccccc3-c3ccccc3)ccc1n2-c1ccc(-c2cccc(-c3nc(-c4ccccc4)nc(-c4ccccc4)n3)c2)cc1. The van der Waals surface area contributed by atoms with Crippen molar-refractivity contribution in [2.24, 2.45) is 0 Å². The van der Waals surface area contributed by atoms with Gasteiger partial charge in [0.05, 0.1) is 16.5 Å². The average Bonchev–Trinajstić information content (AvgIpc) is 3.66. The van der Waals surface area contributed by atoms with Gasteiger partial charge in [-0.05, 0) is 69.8 Å². The van der Waals surface area contributed by atoms with Crippen LogP contribution in [0.4, 0.5) is 0 Å². The standard InChI is InChI=1S/C51H34N4/c1-4-15-36(16-5-1)43-23-10-11-24-44(43)40-29-32-48-46(34-40)45-25-12-13-26-47(45)55(48)42-30-27-35(28-31-42)39-21-14-22-41(33-39)51-53-49(37-17-6-2-7-18-37)52-50(54-51)38-19-8-3-9-20-38/h1-34H/i12D,13D,25D,26D. The van der Waals surface area contributed by atoms with Crippen molar-refractivity contribution in [3.8, 4) is 73.2 Å². The first kappa shape index (κ1) is 28.1. The van der Waals surface area contributed by atoms with E-state index in [1.807, 2.05) is 138 Å². The number of para-hydroxylation sites is 1. The molecule has 0 atom stereocenters. The maximum absolute atomic E-state index is 9.11. The summed E-state index contributed by atoms with van der Waals surface area (Å²) in [5.41, 5.74) is 10.8. The second-order valence-electron chi connectivity index (χ2n) is 13.4. The van der Waals surface area contributed by atoms with Gasteiger partial charge in [-0.1, -0.05) is 170 Å². The van der Waals surface area contributed by atoms with E-state index in [4.69, 9.17) is 20.4 Å². The zero-order valence-corrected chi connectivity index (χ0v) is 29.6. The van der Waals surface area contributed by atoms with Gasteiger partial charge in [-0.3, -0.25) is 0 Å². The number of rotatable bonds is 7. The Morgan fingerprint density at radius 1 is 0.345 bits per heavy atom. The predicted molar refractivity (Wildman–Crippen MR) is 227 cm³/mol. The van der Waals surface area contributed by atoms with Gasteiger partial charge in [0, 0.05) is 33.2 Å². The van der Waals surface area contributed by atoms with Crippen LogP contribution in [0, 0.1) is 0 Å². The van der Waals surface area contributed by atoms with Gasteiger partial charge >= 0.3 is 0 Å². The van der Waals surface area contributed by atoms with E-state index in [1.165, 1.54) is 0 Å². The van der Waals surface area contributed by atoms with Crippen LogP contribution in [-0.2, 0) is 0 Å². The molecule has 0 saturated carbocycles. The van der Waals surface area contributed by atoms with Crippen LogP contribution < -0.4 is 0 Å². The Morgan fingerprint density at radius 2 is 0.855 bits per heavy atom. The Hall–Kier alpha value is -7.43. The monoisotopic (exact) mass is 706 g/mol. The number of benzene rings is 8. The fraction of sp³-hybridized carbons (Fsp3) is 0. The number of fused-ring (bicyclic) bond motifs is 3. The largest absolute Gasteiger partial charge is 0.309 e. The lowest BCUT2D eigenvalue weighted by atomic mass is 9.94. The molecule has 10 rings (SSSR count). The van der Waals surface area contributed by atoms with E-state index in [1.54, 1.807) is 0 Å². The molecule has 0 aliphatic rings. The number of hydrogen-bond acceptors (Lipinski definition) is 3. The topological polar surface area (TPSA) is 43.6 Å². The summed E-state index contributed by atoms with van der Waals surface area (Å²) < 4.78 is 37.4. The van der Waals surface area contributed by atoms with E-state index in [2.05, 4.69) is 48.5 Å². The van der Waals surface area contributed by atoms with E-state index in [9.17, 15) is 0 Å². The molecule has 0 spiro atoms. The summed E-state index contributed by atoms with van der Waals surface area (Å²) in [6, 6.07) is 60.1. The van der Waals surface area contributed by atoms with E-state index in [0.717, 1.165) is 66.7 Å². The zero-order chi connectivity index (χ0) is 40.0. The first-order valence-corrected chi connectivity index (χ1v) is 18.2. The highest BCUT2D eigenvalue weighted by Crippen LogP contribution is 2.38. The van der Waals surface area contributed by atoms with Crippen LogP contribution in [0.5, 0.6) is 0 Å². The fourth-order valence-corrected chi connectivity index (χ4v) is 7.34. The Labute approximate surface area is 325 Å². The first-order valence-electron chi connectivity index (χ1n) is 20.2. The van der Waals surface area contributed by atoms with Crippen LogP contribution in [0.25, 0.3) is 95.0 Å². The Bertz CT molecular complexity index is 3130. The third-order valence-corrected chi connectivity index (χ3v) is 10.00. The molecule has 10 aromatic rings. The molecule has 4 heteroatoms. The highest BCUT2D eigenvalue weighted by Gasteiger charge is 2.16. The van der Waals surface area contributed by atoms with E-state index >= 15 is 0 Å². The highest BCUT2D eigenvalue weighted by atomic mass is 15.0. The van der Waals surface area contributed by atoms with Crippen molar-refractivity contribution in [1.82, 2.24) is 19.5 Å². The lowest BCUT2D eigenvalue weighted by Gasteiger charge is -2.12. The van der Waals surface area contributed by atoms with Crippen LogP contribution in [0.2, 0.25) is 0 Å². The molecule has 0 aliphatic carbocycles. The molecule has 8 aromatic carbocycles. The zero-order valence-electron chi connectivity index (χ0n) is 33.6. The molecule has 0 N–H and O–H groups in total. The van der Waals surface area contributed by atoms with E-state index in [0.29, 0.717) is 28.4 Å². The van der Waals surface area contributed by atoms with Gasteiger partial charge in [0.1, 0.15) is 0 Å². The molecule has 0 fully saturated rings. The third-order valence-electron chi connectivity index (χ3n) is 10.00. The van der Waals surface area contributed by atoms with Gasteiger partial charge in [0.25, 0.3) is 0 Å². The molecular formula is C51H34N4. The summed E-state index contributed by atoms with van der Waals surface area (Å²) in [4.78, 5) is 14.7. The second kappa shape index (κ2) is 13.8. The molecule has 0 radical (unpaired) electrons. The molecule has 0 unspecified atom stereocenters. The van der Waals surface area contributed by atoms with Crippen molar-refractivity contribution in [3.05, 3.63) is 206 Å². The van der Waals surface area contributed by atoms with Crippen molar-refractivity contribution in [3.63, 3.8) is 0 Å². The van der Waals surface area contributed by atoms with Crippen molar-refractivity contribution in [2.45, 2.75) is 0 Å². The molecule has 258 valence electrons. The van der Waals surface area contributed by atoms with Gasteiger partial charge < -0.3 is 4.57 Å². The van der Waals surface area contributed by atoms with E-state index < -0.39 is 0 Å². The summed E-state index contributed by atoms with van der Waals surface area (Å²) in [5.74, 6) is 1.77. The van der Waals surface area contributed by atoms with Crippen LogP contribution in [0.1, 0.15) is 5.48 Å². The minimum absolute atomic E-state index is 0.0594. The maximum atomic E-state index is 9.11. The number of hydrogen-bond donors (Lipinski definition) is 0. The molecule has 0 aliphatic heterocycles. The van der Waals surface area contributed by atoms with Crippen molar-refractivity contribution < 1.29 is 5.48 Å². The lowest BCUT2D eigenvalue weighted by Crippen LogP contribution is -2.00. The van der Waals surface area contributed by atoms with Gasteiger partial charge in [0.2, 0.25) is 0 Å². The third kappa shape index (κ3) is 6.06. The minimum Gasteiger partial charge on any atom is -0.309 e. The molecule has 0 saturated heterocycles. The van der Waals surface area contributed by atoms with Crippen LogP contribution in [0.15, 0.2) is 206 Å². The van der Waals surface area contributed by atoms with Gasteiger partial charge in [-0.25, -0.2) is 15.0 Å². The summed E-state index contributed by atoms with van der Waals surface area (Å²) >= 11 is 0. The van der Waals surface area contributed by atoms with Gasteiger partial charge in [-0.15, -0.1) is 0 Å². The second-order valence-corrected chi connectivity index (χ2v) is 13.4. The van der Waals surface area contributed by atoms with Crippen LogP contribution in [-0.4, -0.2) is 19.5 Å². The summed E-state index contributed by atoms with van der Waals surface area (Å²) in [5, 5.41) is 1.25. The summed E-state index contributed by atoms with van der Waals surface area (Å²) in [6.07, 6.45) is 0. The Morgan fingerprint density at radius 3 is 1.51 bits per heavy atom. The van der Waals surface area contributed by atoms with Gasteiger partial charge in [-0.2, -0.15) is 0 Å². The quantitative estimate of drug-likeness (QED) is 0.166. The predicted octanol–water partition coefficient (Wildman–Crippen LogP) is 13.0. The average molecular weight is 707 g/mol. The molecule has 0 bridgehead atoms. The smallest absolute Gasteiger partial charge is 0.164 e. The lowest BCUT2D eigenvalue weighted by molar-refractivity contribution is 1.07. The Balaban J connectivity index is 1.08. The molecule has 0 amide bonds. The maximum Gasteiger partial charge on any atom is 0.164 e. The molecule has 2 heterocycles. The minimum atomic E-state index is -0.265. The molecular weight excluding hydrogens is 669 g/mol. The molecule has 55 heavy (non-hydrogen) atoms.